The summed E-state index contributed by atoms with van der Waals surface area (Å²) in [5.74, 6) is -0.0319. The summed E-state index contributed by atoms with van der Waals surface area (Å²) in [4.78, 5) is 23.7. The fourth-order valence-corrected chi connectivity index (χ4v) is 6.91. The lowest BCUT2D eigenvalue weighted by Gasteiger charge is -2.53. The molecule has 2 atom stereocenters. The van der Waals surface area contributed by atoms with Crippen molar-refractivity contribution in [2.24, 2.45) is 5.92 Å². The number of quaternary nitrogens is 1. The number of carbonyl (C=O) groups excluding carboxylic acids is 1. The highest BCUT2D eigenvalue weighted by atomic mass is 16.9. The maximum absolute atomic E-state index is 13.0. The molecule has 0 amide bonds. The predicted octanol–water partition coefficient (Wildman–Crippen LogP) is 5.51. The van der Waals surface area contributed by atoms with E-state index >= 15 is 0 Å². The second-order valence-electron chi connectivity index (χ2n) is 14.8. The average molecular weight is 540 g/mol. The first-order valence-electron chi connectivity index (χ1n) is 15.3. The van der Waals surface area contributed by atoms with Crippen molar-refractivity contribution in [3.63, 3.8) is 0 Å². The lowest BCUT2D eigenvalue weighted by molar-refractivity contribution is -1.06. The molecule has 0 aromatic heterocycles. The molecule has 2 heterocycles. The molecule has 0 radical (unpaired) electrons. The molecule has 0 aliphatic carbocycles. The Kier molecular flexibility index (Phi) is 11.7. The van der Waals surface area contributed by atoms with E-state index in [1.807, 2.05) is 0 Å². The van der Waals surface area contributed by atoms with Gasteiger partial charge in [0.1, 0.15) is 18.8 Å². The van der Waals surface area contributed by atoms with Crippen LogP contribution < -0.4 is 5.23 Å². The van der Waals surface area contributed by atoms with Crippen molar-refractivity contribution in [1.82, 2.24) is 9.80 Å². The largest absolute Gasteiger partial charge is 0.600 e. The average Bonchev–Trinajstić information content (AvgIpc) is 2.76. The van der Waals surface area contributed by atoms with Crippen LogP contribution in [0.25, 0.3) is 0 Å². The van der Waals surface area contributed by atoms with Gasteiger partial charge < -0.3 is 9.94 Å². The van der Waals surface area contributed by atoms with E-state index in [1.165, 1.54) is 0 Å². The second-order valence-corrected chi connectivity index (χ2v) is 14.8. The van der Waals surface area contributed by atoms with Gasteiger partial charge in [0.25, 0.3) is 0 Å². The third-order valence-corrected chi connectivity index (χ3v) is 9.88. The number of rotatable bonds is 13. The van der Waals surface area contributed by atoms with Gasteiger partial charge in [0, 0.05) is 35.0 Å². The maximum Gasteiger partial charge on any atom is 0.309 e. The van der Waals surface area contributed by atoms with Gasteiger partial charge in [-0.15, -0.1) is 0 Å². The summed E-state index contributed by atoms with van der Waals surface area (Å²) in [5, 5.41) is 12.4. The number of nitrogens with one attached hydrogen (secondary N) is 1. The van der Waals surface area contributed by atoms with Gasteiger partial charge in [0.05, 0.1) is 5.92 Å². The molecule has 0 saturated carbocycles. The first kappa shape index (κ1) is 33.5. The molecule has 1 N–H and O–H groups in total. The number of nitrogens with zero attached hydrogens (tertiary/aromatic N) is 2. The van der Waals surface area contributed by atoms with Crippen molar-refractivity contribution in [2.75, 3.05) is 20.6 Å². The third-order valence-electron chi connectivity index (χ3n) is 9.88. The van der Waals surface area contributed by atoms with Crippen LogP contribution in [0, 0.1) is 11.1 Å². The lowest BCUT2D eigenvalue weighted by Crippen LogP contribution is -3.07. The smallest absolute Gasteiger partial charge is 0.309 e. The van der Waals surface area contributed by atoms with E-state index in [4.69, 9.17) is 9.57 Å². The molecule has 2 fully saturated rings. The first-order valence-corrected chi connectivity index (χ1v) is 15.3. The summed E-state index contributed by atoms with van der Waals surface area (Å²) in [6.07, 6.45) is 10.3. The molecule has 0 bridgehead atoms. The molecular weight excluding hydrogens is 478 g/mol. The maximum atomic E-state index is 13.0. The van der Waals surface area contributed by atoms with Gasteiger partial charge in [-0.05, 0) is 108 Å². The van der Waals surface area contributed by atoms with Crippen molar-refractivity contribution in [3.05, 3.63) is 5.21 Å². The predicted molar refractivity (Wildman–Crippen MR) is 156 cm³/mol. The Morgan fingerprint density at radius 3 is 1.68 bits per heavy atom. The zero-order valence-electron chi connectivity index (χ0n) is 26.7. The monoisotopic (exact) mass is 539 g/mol. The van der Waals surface area contributed by atoms with Crippen LogP contribution >= 0.6 is 0 Å². The molecular formula is C31H61N3O4. The Morgan fingerprint density at radius 1 is 0.789 bits per heavy atom. The summed E-state index contributed by atoms with van der Waals surface area (Å²) >= 11 is 0. The van der Waals surface area contributed by atoms with Gasteiger partial charge in [-0.25, -0.2) is 10.1 Å². The van der Waals surface area contributed by atoms with Crippen LogP contribution in [0.2, 0.25) is 0 Å². The van der Waals surface area contributed by atoms with Crippen LogP contribution in [0.15, 0.2) is 0 Å². The minimum absolute atomic E-state index is 0.00102. The van der Waals surface area contributed by atoms with E-state index < -0.39 is 0 Å². The molecule has 0 aromatic carbocycles. The second kappa shape index (κ2) is 13.3. The Hall–Kier alpha value is -0.730. The number of carbonyl (C=O) groups is 1. The standard InChI is InChI=1S/C31H61N3O4/c1-12-24(27(35)37-25-20-28(2,3)32(10)29(4,5)21-25)18-16-14-13-15-17-19-34(36)38-26-22-30(6,7)33(11)31(8,9)23-26/h24-26,34H,12-23H2,1-11H3. The fraction of sp³-hybridized carbons (Fsp3) is 0.968. The number of hydroxylamine groups is 2. The van der Waals surface area contributed by atoms with Crippen molar-refractivity contribution >= 4 is 5.97 Å². The van der Waals surface area contributed by atoms with Gasteiger partial charge in [-0.2, -0.15) is 0 Å². The van der Waals surface area contributed by atoms with Crippen LogP contribution in [-0.4, -0.2) is 70.8 Å². The molecule has 2 rings (SSSR count). The van der Waals surface area contributed by atoms with E-state index in [1.54, 1.807) is 0 Å². The Balaban J connectivity index is 1.63. The lowest BCUT2D eigenvalue weighted by atomic mass is 9.78. The summed E-state index contributed by atoms with van der Waals surface area (Å²) in [5.41, 5.74) is 0.0772. The third kappa shape index (κ3) is 9.15. The van der Waals surface area contributed by atoms with Crippen molar-refractivity contribution in [1.29, 1.82) is 0 Å². The number of unbranched alkanes of at least 4 members (excludes halogenated alkanes) is 4. The highest BCUT2D eigenvalue weighted by molar-refractivity contribution is 5.72. The fourth-order valence-electron chi connectivity index (χ4n) is 6.91. The van der Waals surface area contributed by atoms with Gasteiger partial charge >= 0.3 is 5.97 Å². The molecule has 224 valence electrons. The topological polar surface area (TPSA) is 69.5 Å². The molecule has 2 aliphatic rings. The van der Waals surface area contributed by atoms with Crippen molar-refractivity contribution < 1.29 is 19.6 Å². The molecule has 2 aliphatic heterocycles. The SMILES string of the molecule is CCC(CCCCCCC[NH+]([O-])OC1CC(C)(C)N(C)C(C)(C)C1)C(=O)OC1CC(C)(C)N(C)C(C)(C)C1. The molecule has 7 heteroatoms. The van der Waals surface area contributed by atoms with Crippen LogP contribution in [-0.2, 0) is 14.4 Å². The number of ether oxygens (including phenoxy) is 1. The van der Waals surface area contributed by atoms with E-state index in [0.29, 0.717) is 6.54 Å². The Bertz CT molecular complexity index is 715. The molecule has 0 spiro atoms. The zero-order valence-corrected chi connectivity index (χ0v) is 26.7. The molecule has 2 saturated heterocycles. The Morgan fingerprint density at radius 2 is 1.21 bits per heavy atom. The number of hydrogen-bond acceptors (Lipinski definition) is 6. The van der Waals surface area contributed by atoms with Crippen LogP contribution in [0.5, 0.6) is 0 Å². The summed E-state index contributed by atoms with van der Waals surface area (Å²) < 4.78 is 6.06. The van der Waals surface area contributed by atoms with E-state index in [9.17, 15) is 10.0 Å². The van der Waals surface area contributed by atoms with Gasteiger partial charge in [0.2, 0.25) is 0 Å². The van der Waals surface area contributed by atoms with E-state index in [0.717, 1.165) is 70.6 Å². The molecule has 2 unspecified atom stereocenters. The minimum Gasteiger partial charge on any atom is -0.600 e. The summed E-state index contributed by atoms with van der Waals surface area (Å²) in [6.45, 7) is 20.5. The van der Waals surface area contributed by atoms with Gasteiger partial charge in [0.15, 0.2) is 0 Å². The van der Waals surface area contributed by atoms with Crippen LogP contribution in [0.4, 0.5) is 0 Å². The first-order chi connectivity index (χ1) is 17.4. The van der Waals surface area contributed by atoms with E-state index in [2.05, 4.69) is 86.2 Å². The van der Waals surface area contributed by atoms with E-state index in [-0.39, 0.29) is 51.5 Å². The number of piperidine rings is 2. The summed E-state index contributed by atoms with van der Waals surface area (Å²) in [6, 6.07) is 0. The number of hydrogen-bond donors (Lipinski definition) is 1. The van der Waals surface area contributed by atoms with Gasteiger partial charge in [-0.3, -0.25) is 14.6 Å². The van der Waals surface area contributed by atoms with Crippen LogP contribution in [0.1, 0.15) is 133 Å². The van der Waals surface area contributed by atoms with Crippen LogP contribution in [0.3, 0.4) is 0 Å². The number of likely N-dealkylation sites (tertiary alicyclic amines) is 2. The minimum atomic E-state index is -0.0554. The van der Waals surface area contributed by atoms with Gasteiger partial charge in [-0.1, -0.05) is 26.2 Å². The van der Waals surface area contributed by atoms with Crippen molar-refractivity contribution in [2.45, 2.75) is 167 Å². The number of esters is 1. The normalized spacial score (nSPS) is 25.7. The summed E-state index contributed by atoms with van der Waals surface area (Å²) in [7, 11) is 4.34. The zero-order chi connectivity index (χ0) is 28.9. The highest BCUT2D eigenvalue weighted by Crippen LogP contribution is 2.39. The van der Waals surface area contributed by atoms with Crippen molar-refractivity contribution in [3.8, 4) is 0 Å². The molecule has 0 aromatic rings. The molecule has 38 heavy (non-hydrogen) atoms. The molecule has 7 nitrogen and oxygen atoms in total. The quantitative estimate of drug-likeness (QED) is 0.189. The Labute approximate surface area is 234 Å². The highest BCUT2D eigenvalue weighted by Gasteiger charge is 2.45.